The summed E-state index contributed by atoms with van der Waals surface area (Å²) in [6.45, 7) is 8.23. The van der Waals surface area contributed by atoms with E-state index in [2.05, 4.69) is 25.8 Å². The molecule has 8 rings (SSSR count). The number of nitrogens with zero attached hydrogens (tertiary/aromatic N) is 5. The predicted molar refractivity (Wildman–Crippen MR) is 274 cm³/mol. The lowest BCUT2D eigenvalue weighted by Gasteiger charge is -2.52. The molecule has 4 saturated heterocycles. The molecule has 3 N–H and O–H groups in total. The predicted octanol–water partition coefficient (Wildman–Crippen LogP) is 5.96. The Morgan fingerprint density at radius 2 is 1.01 bits per heavy atom. The van der Waals surface area contributed by atoms with Crippen molar-refractivity contribution in [3.8, 4) is 11.5 Å². The van der Waals surface area contributed by atoms with E-state index in [1.165, 1.54) is 75.0 Å². The van der Waals surface area contributed by atoms with Crippen molar-refractivity contribution in [2.75, 3.05) is 83.5 Å². The van der Waals surface area contributed by atoms with Gasteiger partial charge in [0.05, 0.1) is 54.7 Å². The van der Waals surface area contributed by atoms with Crippen molar-refractivity contribution in [1.29, 1.82) is 0 Å². The smallest absolute Gasteiger partial charge is 0.247 e. The van der Waals surface area contributed by atoms with Crippen LogP contribution in [0.1, 0.15) is 36.1 Å². The van der Waals surface area contributed by atoms with Gasteiger partial charge in [0.15, 0.2) is 0 Å². The Morgan fingerprint density at radius 3 is 1.38 bits per heavy atom. The van der Waals surface area contributed by atoms with Gasteiger partial charge in [-0.1, -0.05) is 47.5 Å². The first-order chi connectivity index (χ1) is 34.3. The minimum absolute atomic E-state index is 0.0275. The first-order valence-electron chi connectivity index (χ1n) is 23.2. The van der Waals surface area contributed by atoms with E-state index >= 15 is 0 Å². The number of amides is 4. The molecule has 4 aliphatic heterocycles. The Bertz CT molecular complexity index is 2790. The van der Waals surface area contributed by atoms with Crippen molar-refractivity contribution < 1.29 is 45.9 Å². The molecule has 4 atom stereocenters. The van der Waals surface area contributed by atoms with E-state index in [1.54, 1.807) is 65.6 Å². The normalized spacial score (nSPS) is 20.5. The Hall–Kier alpha value is -5.93. The summed E-state index contributed by atoms with van der Waals surface area (Å²) in [5.41, 5.74) is 4.09. The van der Waals surface area contributed by atoms with Crippen molar-refractivity contribution in [2.24, 2.45) is 0 Å². The molecule has 4 fully saturated rings. The molecule has 0 spiro atoms. The Morgan fingerprint density at radius 1 is 0.639 bits per heavy atom. The lowest BCUT2D eigenvalue weighted by molar-refractivity contribution is -0.139. The molecule has 0 saturated carbocycles. The lowest BCUT2D eigenvalue weighted by atomic mass is 10.00. The Balaban J connectivity index is 0.000000213. The van der Waals surface area contributed by atoms with Crippen LogP contribution in [-0.2, 0) is 42.3 Å². The van der Waals surface area contributed by atoms with Crippen LogP contribution in [0.5, 0.6) is 11.5 Å². The van der Waals surface area contributed by atoms with Gasteiger partial charge in [-0.3, -0.25) is 29.0 Å². The fourth-order valence-electron chi connectivity index (χ4n) is 9.63. The molecule has 72 heavy (non-hydrogen) atoms. The van der Waals surface area contributed by atoms with E-state index in [0.717, 1.165) is 30.8 Å². The van der Waals surface area contributed by atoms with Gasteiger partial charge in [-0.15, -0.1) is 0 Å². The Labute approximate surface area is 428 Å². The summed E-state index contributed by atoms with van der Waals surface area (Å²) in [5, 5.41) is 9.55. The van der Waals surface area contributed by atoms with E-state index < -0.39 is 10.0 Å². The summed E-state index contributed by atoms with van der Waals surface area (Å²) in [4.78, 5) is 58.2. The van der Waals surface area contributed by atoms with Crippen LogP contribution in [0.25, 0.3) is 12.2 Å². The summed E-state index contributed by atoms with van der Waals surface area (Å²) in [7, 11) is -0.450. The largest absolute Gasteiger partial charge is 0.495 e. The zero-order chi connectivity index (χ0) is 51.9. The maximum absolute atomic E-state index is 13.5. The molecule has 0 radical (unpaired) electrons. The minimum atomic E-state index is -3.43. The number of hydrogen-bond acceptors (Lipinski definition) is 11. The third kappa shape index (κ3) is 13.8. The SMILES string of the molecule is COc1cc(/C=C/C(=O)N2C3CN(Cc4ccc(F)cc4)CC2CN(S(C)(=O)=O)C3)c(NC(C)=O)cc1Cl.COc1cc(/C=C/C(=O)N2C3CNCC2CN(Cc2ccc(F)cc2)C3)c(NC(C)=O)cc1Cl. The molecular weight excluding hydrogens is 994 g/mol. The van der Waals surface area contributed by atoms with Crippen molar-refractivity contribution in [2.45, 2.75) is 51.1 Å². The number of carbonyl (C=O) groups is 4. The van der Waals surface area contributed by atoms with Crippen LogP contribution in [0.15, 0.2) is 84.9 Å². The molecule has 4 heterocycles. The van der Waals surface area contributed by atoms with Crippen LogP contribution >= 0.6 is 23.2 Å². The van der Waals surface area contributed by atoms with Gasteiger partial charge in [-0.2, -0.15) is 4.31 Å². The van der Waals surface area contributed by atoms with Crippen LogP contribution in [0.4, 0.5) is 20.2 Å². The average molecular weight is 1050 g/mol. The van der Waals surface area contributed by atoms with Crippen molar-refractivity contribution in [3.63, 3.8) is 0 Å². The summed E-state index contributed by atoms with van der Waals surface area (Å²) in [6.07, 6.45) is 7.39. The number of piperazine rings is 4. The van der Waals surface area contributed by atoms with Crippen LogP contribution in [-0.4, -0.2) is 153 Å². The zero-order valence-electron chi connectivity index (χ0n) is 40.5. The number of rotatable bonds is 13. The average Bonchev–Trinajstić information content (AvgIpc) is 3.31. The highest BCUT2D eigenvalue weighted by molar-refractivity contribution is 7.88. The first-order valence-corrected chi connectivity index (χ1v) is 25.8. The molecule has 0 aromatic heterocycles. The van der Waals surface area contributed by atoms with Gasteiger partial charge in [0, 0.05) is 114 Å². The molecule has 4 unspecified atom stereocenters. The quantitative estimate of drug-likeness (QED) is 0.135. The lowest BCUT2D eigenvalue weighted by Crippen LogP contribution is -2.69. The summed E-state index contributed by atoms with van der Waals surface area (Å²) < 4.78 is 63.2. The standard InChI is InChI=1S/C26H30ClFN4O5S.C25H28ClFN4O3/c1-17(33)29-24-11-23(27)25(37-2)10-19(24)6-9-26(34)32-21-13-30(12-18-4-7-20(28)8-5-18)14-22(32)16-31(15-21)38(3,35)36;1-16(32)29-23-10-22(26)24(34-2)9-18(23)5-8-25(33)31-20-11-28-12-21(31)15-30(14-20)13-17-3-6-19(27)7-4-17/h4-11,21-22H,12-16H2,1-3H3,(H,29,33);3-10,20-21,28H,11-15H2,1-2H3,(H,29,32)/b9-6+;8-5+. The molecule has 16 nitrogen and oxygen atoms in total. The minimum Gasteiger partial charge on any atom is -0.495 e. The van der Waals surface area contributed by atoms with E-state index in [0.29, 0.717) is 76.8 Å². The van der Waals surface area contributed by atoms with Gasteiger partial charge >= 0.3 is 0 Å². The monoisotopic (exact) mass is 1050 g/mol. The highest BCUT2D eigenvalue weighted by atomic mass is 35.5. The third-order valence-electron chi connectivity index (χ3n) is 12.7. The van der Waals surface area contributed by atoms with E-state index in [4.69, 9.17) is 32.7 Å². The maximum Gasteiger partial charge on any atom is 0.247 e. The molecule has 4 aliphatic rings. The molecule has 4 bridgehead atoms. The highest BCUT2D eigenvalue weighted by Crippen LogP contribution is 2.34. The molecule has 4 aromatic carbocycles. The number of halogens is 4. The van der Waals surface area contributed by atoms with Gasteiger partial charge < -0.3 is 35.2 Å². The molecule has 21 heteroatoms. The summed E-state index contributed by atoms with van der Waals surface area (Å²) in [5.74, 6) is -0.581. The van der Waals surface area contributed by atoms with Crippen molar-refractivity contribution >= 4 is 80.4 Å². The van der Waals surface area contributed by atoms with Crippen LogP contribution in [0.2, 0.25) is 10.0 Å². The number of ether oxygens (including phenoxy) is 2. The maximum atomic E-state index is 13.5. The number of methoxy groups -OCH3 is 2. The number of anilines is 2. The first kappa shape index (κ1) is 53.9. The second-order valence-electron chi connectivity index (χ2n) is 18.2. The van der Waals surface area contributed by atoms with Crippen molar-refractivity contribution in [1.82, 2.24) is 29.2 Å². The van der Waals surface area contributed by atoms with Gasteiger partial charge in [-0.05, 0) is 71.8 Å². The number of carbonyl (C=O) groups excluding carboxylic acids is 4. The van der Waals surface area contributed by atoms with Gasteiger partial charge in [0.25, 0.3) is 0 Å². The molecule has 384 valence electrons. The molecule has 4 aromatic rings. The highest BCUT2D eigenvalue weighted by Gasteiger charge is 2.44. The molecule has 0 aliphatic carbocycles. The van der Waals surface area contributed by atoms with Gasteiger partial charge in [0.1, 0.15) is 23.1 Å². The fourth-order valence-corrected chi connectivity index (χ4v) is 11.0. The van der Waals surface area contributed by atoms with E-state index in [-0.39, 0.29) is 72.5 Å². The molecule has 4 amide bonds. The van der Waals surface area contributed by atoms with Gasteiger partial charge in [-0.25, -0.2) is 17.2 Å². The topological polar surface area (TPSA) is 173 Å². The number of benzene rings is 4. The number of sulfonamides is 1. The van der Waals surface area contributed by atoms with Crippen LogP contribution < -0.4 is 25.4 Å². The van der Waals surface area contributed by atoms with Gasteiger partial charge in [0.2, 0.25) is 33.7 Å². The fraction of sp³-hybridized carbons (Fsp3) is 0.373. The number of fused-ring (bicyclic) bond motifs is 4. The molecular formula is C51H58Cl2F2N8O8S. The Kier molecular flexibility index (Phi) is 17.8. The second-order valence-corrected chi connectivity index (χ2v) is 21.0. The van der Waals surface area contributed by atoms with Crippen LogP contribution in [0.3, 0.4) is 0 Å². The number of hydrogen-bond donors (Lipinski definition) is 3. The third-order valence-corrected chi connectivity index (χ3v) is 14.6. The van der Waals surface area contributed by atoms with E-state index in [9.17, 15) is 36.4 Å². The summed E-state index contributed by atoms with van der Waals surface area (Å²) >= 11 is 12.4. The summed E-state index contributed by atoms with van der Waals surface area (Å²) in [6, 6.07) is 18.6. The number of nitrogens with one attached hydrogen (secondary N) is 3. The van der Waals surface area contributed by atoms with E-state index in [1.807, 2.05) is 4.90 Å². The van der Waals surface area contributed by atoms with Crippen LogP contribution in [0, 0.1) is 11.6 Å². The second kappa shape index (κ2) is 23.7. The van der Waals surface area contributed by atoms with Crippen molar-refractivity contribution in [3.05, 3.63) is 129 Å². The zero-order valence-corrected chi connectivity index (χ0v) is 42.9.